The number of aromatic amines is 1. The third kappa shape index (κ3) is 12.5. The van der Waals surface area contributed by atoms with Crippen LogP contribution in [0.25, 0.3) is 11.3 Å². The summed E-state index contributed by atoms with van der Waals surface area (Å²) in [7, 11) is 0. The molecule has 0 aliphatic carbocycles. The van der Waals surface area contributed by atoms with Gasteiger partial charge in [0.2, 0.25) is 5.91 Å². The molecule has 52 heavy (non-hydrogen) atoms. The second kappa shape index (κ2) is 19.0. The molecule has 0 unspecified atom stereocenters. The van der Waals surface area contributed by atoms with Crippen LogP contribution in [0.4, 0.5) is 15.4 Å². The van der Waals surface area contributed by atoms with Crippen molar-refractivity contribution in [3.63, 3.8) is 0 Å². The Kier molecular flexibility index (Phi) is 14.9. The van der Waals surface area contributed by atoms with Crippen LogP contribution in [0.3, 0.4) is 0 Å². The summed E-state index contributed by atoms with van der Waals surface area (Å²) in [6.07, 6.45) is -1.16. The van der Waals surface area contributed by atoms with E-state index < -0.39 is 41.7 Å². The second-order valence-electron chi connectivity index (χ2n) is 12.1. The van der Waals surface area contributed by atoms with Crippen LogP contribution in [0.15, 0.2) is 89.7 Å². The molecule has 0 fully saturated rings. The van der Waals surface area contributed by atoms with Gasteiger partial charge in [0.15, 0.2) is 11.0 Å². The Morgan fingerprint density at radius 3 is 2.13 bits per heavy atom. The van der Waals surface area contributed by atoms with Crippen molar-refractivity contribution >= 4 is 59.7 Å². The first-order valence-electron chi connectivity index (χ1n) is 15.9. The predicted molar refractivity (Wildman–Crippen MR) is 199 cm³/mol. The molecule has 1 aromatic heterocycles. The van der Waals surface area contributed by atoms with E-state index >= 15 is 0 Å². The molecule has 0 atom stereocenters. The highest BCUT2D eigenvalue weighted by Crippen LogP contribution is 2.24. The lowest BCUT2D eigenvalue weighted by atomic mass is 10.1. The quantitative estimate of drug-likeness (QED) is 0.0711. The number of ether oxygens (including phenoxy) is 2. The minimum atomic E-state index is -0.814. The first-order valence-corrected chi connectivity index (χ1v) is 16.2. The first kappa shape index (κ1) is 40.7. The Bertz CT molecular complexity index is 1920. The largest absolute Gasteiger partial charge is 0.444 e. The van der Waals surface area contributed by atoms with Crippen LogP contribution in [-0.4, -0.2) is 65.0 Å². The van der Waals surface area contributed by atoms with E-state index in [1.807, 2.05) is 24.3 Å². The van der Waals surface area contributed by atoms with Crippen molar-refractivity contribution in [2.24, 2.45) is 0 Å². The molecule has 3 aromatic carbocycles. The fourth-order valence-corrected chi connectivity index (χ4v) is 4.84. The zero-order valence-corrected chi connectivity index (χ0v) is 30.2. The summed E-state index contributed by atoms with van der Waals surface area (Å²) in [6, 6.07) is 23.6. The minimum Gasteiger partial charge on any atom is -0.444 e. The van der Waals surface area contributed by atoms with Gasteiger partial charge < -0.3 is 24.7 Å². The molecule has 0 radical (unpaired) electrons. The molecule has 16 heteroatoms. The van der Waals surface area contributed by atoms with E-state index in [4.69, 9.17) is 26.5 Å². The number of aromatic nitrogens is 2. The van der Waals surface area contributed by atoms with Crippen molar-refractivity contribution in [1.29, 1.82) is 5.41 Å². The predicted octanol–water partition coefficient (Wildman–Crippen LogP) is 5.44. The number of carbonyl (C=O) groups is 4. The number of rotatable bonds is 12. The van der Waals surface area contributed by atoms with Crippen LogP contribution in [0, 0.1) is 5.41 Å². The van der Waals surface area contributed by atoms with Crippen molar-refractivity contribution in [2.45, 2.75) is 39.4 Å². The first-order chi connectivity index (χ1) is 24.3. The molecular formula is C36H39Cl2N7O7. The lowest BCUT2D eigenvalue weighted by Gasteiger charge is -2.23. The topological polar surface area (TPSA) is 196 Å². The fourth-order valence-electron chi connectivity index (χ4n) is 4.60. The zero-order chi connectivity index (χ0) is 37.0. The lowest BCUT2D eigenvalue weighted by molar-refractivity contribution is -0.118. The maximum Gasteiger partial charge on any atom is 0.413 e. The van der Waals surface area contributed by atoms with E-state index in [-0.39, 0.29) is 60.9 Å². The number of amides is 4. The molecule has 0 aliphatic heterocycles. The molecule has 1 heterocycles. The van der Waals surface area contributed by atoms with Crippen LogP contribution in [-0.2, 0) is 20.9 Å². The number of nitrogens with one attached hydrogen (secondary N) is 5. The van der Waals surface area contributed by atoms with E-state index in [9.17, 15) is 24.0 Å². The summed E-state index contributed by atoms with van der Waals surface area (Å²) < 4.78 is 10.4. The average Bonchev–Trinajstić information content (AvgIpc) is 3.09. The number of nitrogens with zero attached hydrogens (tertiary/aromatic N) is 2. The minimum absolute atomic E-state index is 0. The third-order valence-corrected chi connectivity index (χ3v) is 7.22. The van der Waals surface area contributed by atoms with Crippen LogP contribution >= 0.6 is 24.0 Å². The van der Waals surface area contributed by atoms with Crippen molar-refractivity contribution in [1.82, 2.24) is 25.9 Å². The Labute approximate surface area is 311 Å². The fraction of sp³-hybridized carbons (Fsp3) is 0.250. The lowest BCUT2D eigenvalue weighted by Crippen LogP contribution is -2.43. The molecule has 0 saturated carbocycles. The van der Waals surface area contributed by atoms with Crippen molar-refractivity contribution in [3.05, 3.63) is 117 Å². The number of H-pyrrole nitrogens is 1. The number of carbonyl (C=O) groups excluding carboxylic acids is 4. The molecule has 4 rings (SSSR count). The average molecular weight is 753 g/mol. The summed E-state index contributed by atoms with van der Waals surface area (Å²) in [6.45, 7) is 5.01. The molecule has 14 nitrogen and oxygen atoms in total. The number of halogens is 2. The van der Waals surface area contributed by atoms with Gasteiger partial charge in [-0.15, -0.1) is 12.4 Å². The zero-order valence-electron chi connectivity index (χ0n) is 28.7. The smallest absolute Gasteiger partial charge is 0.413 e. The van der Waals surface area contributed by atoms with E-state index in [0.717, 1.165) is 5.56 Å². The van der Waals surface area contributed by atoms with Crippen molar-refractivity contribution in [2.75, 3.05) is 24.5 Å². The Hall–Kier alpha value is -5.73. The second-order valence-corrected chi connectivity index (χ2v) is 12.5. The maximum atomic E-state index is 13.2. The van der Waals surface area contributed by atoms with Crippen molar-refractivity contribution < 1.29 is 28.7 Å². The van der Waals surface area contributed by atoms with Crippen LogP contribution in [0.5, 0.6) is 0 Å². The molecule has 0 aliphatic rings. The molecule has 0 saturated heterocycles. The van der Waals surface area contributed by atoms with Gasteiger partial charge in [0.05, 0.1) is 12.2 Å². The molecule has 274 valence electrons. The SMILES string of the molecule is CC(C)(C)OC(=O)NCCCN(CC(=O)NC(=O)c1ccc(C(=N)NC(=O)OCc2ccccc2)cc1)c1nc(Cl)c(-c2ccccc2)[nH]c1=O.Cl. The molecule has 4 aromatic rings. The Balaban J connectivity index is 0.00000729. The number of hydrogen-bond donors (Lipinski definition) is 5. The van der Waals surface area contributed by atoms with Crippen LogP contribution < -0.4 is 26.4 Å². The number of hydrogen-bond acceptors (Lipinski definition) is 10. The summed E-state index contributed by atoms with van der Waals surface area (Å²) in [5.74, 6) is -1.89. The highest BCUT2D eigenvalue weighted by molar-refractivity contribution is 6.31. The number of benzene rings is 3. The summed E-state index contributed by atoms with van der Waals surface area (Å²) in [5.41, 5.74) is 0.809. The normalized spacial score (nSPS) is 10.6. The van der Waals surface area contributed by atoms with Gasteiger partial charge in [0.1, 0.15) is 18.0 Å². The third-order valence-electron chi connectivity index (χ3n) is 6.95. The van der Waals surface area contributed by atoms with Crippen molar-refractivity contribution in [3.8, 4) is 11.3 Å². The Morgan fingerprint density at radius 1 is 0.885 bits per heavy atom. The van der Waals surface area contributed by atoms with E-state index in [2.05, 4.69) is 25.9 Å². The highest BCUT2D eigenvalue weighted by atomic mass is 35.5. The van der Waals surface area contributed by atoms with Gasteiger partial charge in [-0.3, -0.25) is 30.4 Å². The van der Waals surface area contributed by atoms with Gasteiger partial charge in [0, 0.05) is 29.8 Å². The van der Waals surface area contributed by atoms with Gasteiger partial charge in [0.25, 0.3) is 11.5 Å². The number of alkyl carbamates (subject to hydrolysis) is 2. The van der Waals surface area contributed by atoms with E-state index in [1.165, 1.54) is 29.2 Å². The molecular weight excluding hydrogens is 713 g/mol. The number of anilines is 1. The van der Waals surface area contributed by atoms with Crippen LogP contribution in [0.1, 0.15) is 48.7 Å². The van der Waals surface area contributed by atoms with Gasteiger partial charge in [-0.25, -0.2) is 14.6 Å². The highest BCUT2D eigenvalue weighted by Gasteiger charge is 2.22. The molecule has 0 bridgehead atoms. The summed E-state index contributed by atoms with van der Waals surface area (Å²) in [5, 5.41) is 15.4. The van der Waals surface area contributed by atoms with E-state index in [0.29, 0.717) is 16.8 Å². The molecule has 4 amide bonds. The number of imide groups is 1. The van der Waals surface area contributed by atoms with E-state index in [1.54, 1.807) is 57.2 Å². The molecule has 5 N–H and O–H groups in total. The summed E-state index contributed by atoms with van der Waals surface area (Å²) in [4.78, 5) is 71.9. The summed E-state index contributed by atoms with van der Waals surface area (Å²) >= 11 is 6.47. The number of amidine groups is 1. The van der Waals surface area contributed by atoms with Gasteiger partial charge in [-0.05, 0) is 44.9 Å². The van der Waals surface area contributed by atoms with Gasteiger partial charge in [-0.1, -0.05) is 84.4 Å². The van der Waals surface area contributed by atoms with Gasteiger partial charge in [-0.2, -0.15) is 0 Å². The Morgan fingerprint density at radius 2 is 1.50 bits per heavy atom. The standard InChI is InChI=1S/C36H38ClN7O7.ClH/c1-36(2,3)51-34(48)39-19-10-20-44(31-33(47)41-28(29(37)42-31)24-13-8-5-9-14-24)21-27(45)40-32(46)26-17-15-25(16-18-26)30(38)43-35(49)50-22-23-11-6-4-7-12-23;/h4-9,11-18H,10,19-22H2,1-3H3,(H,39,48)(H,41,47)(H2,38,43,49)(H,40,45,46);1H. The molecule has 0 spiro atoms. The van der Waals surface area contributed by atoms with Gasteiger partial charge >= 0.3 is 12.2 Å². The monoisotopic (exact) mass is 751 g/mol. The maximum absolute atomic E-state index is 13.2. The van der Waals surface area contributed by atoms with Crippen LogP contribution in [0.2, 0.25) is 5.15 Å².